The lowest BCUT2D eigenvalue weighted by molar-refractivity contribution is 0.103. The zero-order chi connectivity index (χ0) is 25.8. The molecule has 0 saturated carbocycles. The normalized spacial score (nSPS) is 11.0. The maximum absolute atomic E-state index is 15.7. The first-order valence-corrected chi connectivity index (χ1v) is 12.5. The summed E-state index contributed by atoms with van der Waals surface area (Å²) >= 11 is 6.99. The van der Waals surface area contributed by atoms with Gasteiger partial charge in [0.2, 0.25) is 5.78 Å². The fourth-order valence-corrected chi connectivity index (χ4v) is 4.55. The molecule has 0 aliphatic carbocycles. The van der Waals surface area contributed by atoms with Crippen molar-refractivity contribution in [2.45, 2.75) is 20.3 Å². The van der Waals surface area contributed by atoms with Crippen molar-refractivity contribution in [3.63, 3.8) is 0 Å². The number of carbonyl (C=O) groups is 2. The summed E-state index contributed by atoms with van der Waals surface area (Å²) < 4.78 is 36.6. The number of pyridine rings is 1. The molecule has 10 heteroatoms. The topological polar surface area (TPSA) is 75.3 Å². The van der Waals surface area contributed by atoms with Crippen LogP contribution in [0.5, 0.6) is 0 Å². The molecule has 4 rings (SSSR count). The number of carbonyl (C=O) groups excluding carboxylic acids is 2. The van der Waals surface area contributed by atoms with Gasteiger partial charge >= 0.3 is 6.09 Å². The number of hydrogen-bond acceptors (Lipinski definition) is 5. The van der Waals surface area contributed by atoms with E-state index in [9.17, 15) is 14.0 Å². The monoisotopic (exact) mass is 529 g/mol. The molecule has 0 fully saturated rings. The Hall–Kier alpha value is -3.43. The number of halogens is 3. The van der Waals surface area contributed by atoms with Crippen LogP contribution in [0.3, 0.4) is 0 Å². The first-order valence-electron chi connectivity index (χ1n) is 11.2. The van der Waals surface area contributed by atoms with Gasteiger partial charge in [0, 0.05) is 39.7 Å². The Labute approximate surface area is 215 Å². The minimum atomic E-state index is -1.15. The molecule has 0 aliphatic heterocycles. The number of fused-ring (bicyclic) bond motifs is 1. The van der Waals surface area contributed by atoms with E-state index in [1.165, 1.54) is 6.20 Å². The molecule has 1 N–H and O–H groups in total. The van der Waals surface area contributed by atoms with Crippen LogP contribution < -0.4 is 4.31 Å². The van der Waals surface area contributed by atoms with Crippen LogP contribution in [0.2, 0.25) is 5.02 Å². The molecular weight excluding hydrogens is 508 g/mol. The molecule has 36 heavy (non-hydrogen) atoms. The summed E-state index contributed by atoms with van der Waals surface area (Å²) in [4.78, 5) is 33.2. The summed E-state index contributed by atoms with van der Waals surface area (Å²) in [7, 11) is 0. The number of H-pyrrole nitrogens is 1. The lowest BCUT2D eigenvalue weighted by atomic mass is 9.99. The van der Waals surface area contributed by atoms with Gasteiger partial charge in [-0.25, -0.2) is 22.9 Å². The molecule has 2 heterocycles. The summed E-state index contributed by atoms with van der Waals surface area (Å²) in [5, 5.41) is 0.976. The quantitative estimate of drug-likeness (QED) is 0.190. The van der Waals surface area contributed by atoms with E-state index in [2.05, 4.69) is 9.97 Å². The number of nitrogens with zero attached hydrogens (tertiary/aromatic N) is 2. The van der Waals surface area contributed by atoms with E-state index in [-0.39, 0.29) is 17.9 Å². The van der Waals surface area contributed by atoms with Crippen molar-refractivity contribution in [3.8, 4) is 11.1 Å². The number of benzene rings is 2. The van der Waals surface area contributed by atoms with Gasteiger partial charge in [-0.3, -0.25) is 4.79 Å². The van der Waals surface area contributed by atoms with Gasteiger partial charge in [0.05, 0.1) is 17.9 Å². The van der Waals surface area contributed by atoms with Crippen LogP contribution in [0.1, 0.15) is 36.2 Å². The average Bonchev–Trinajstić information content (AvgIpc) is 3.29. The Kier molecular flexibility index (Phi) is 7.91. The molecule has 6 nitrogen and oxygen atoms in total. The number of anilines is 1. The highest BCUT2D eigenvalue weighted by Crippen LogP contribution is 2.33. The molecule has 2 aromatic carbocycles. The highest BCUT2D eigenvalue weighted by Gasteiger charge is 2.29. The number of nitrogens with one attached hydrogen (secondary N) is 1. The van der Waals surface area contributed by atoms with E-state index in [0.29, 0.717) is 33.8 Å². The average molecular weight is 530 g/mol. The third-order valence-electron chi connectivity index (χ3n) is 5.33. The molecule has 1 amide bonds. The summed E-state index contributed by atoms with van der Waals surface area (Å²) in [6, 6.07) is 10.9. The first kappa shape index (κ1) is 25.7. The van der Waals surface area contributed by atoms with Gasteiger partial charge in [-0.05, 0) is 61.2 Å². The first-order chi connectivity index (χ1) is 17.3. The van der Waals surface area contributed by atoms with Crippen LogP contribution in [-0.2, 0) is 4.74 Å². The standard InChI is InChI=1S/C26H22ClF2N3O3S/c1-3-11-36-32(26(34)35-4-2)21-10-9-20(28)22(23(21)29)24(33)19-14-31-25-18(19)12-16(13-30-25)15-5-7-17(27)8-6-15/h5-10,12-14H,3-4,11H2,1-2H3,(H,30,31). The minimum Gasteiger partial charge on any atom is -0.449 e. The molecule has 0 aliphatic rings. The van der Waals surface area contributed by atoms with E-state index >= 15 is 4.39 Å². The second kappa shape index (κ2) is 11.1. The number of amides is 1. The van der Waals surface area contributed by atoms with Gasteiger partial charge < -0.3 is 9.72 Å². The van der Waals surface area contributed by atoms with E-state index in [1.54, 1.807) is 43.5 Å². The Morgan fingerprint density at radius 3 is 2.56 bits per heavy atom. The van der Waals surface area contributed by atoms with E-state index < -0.39 is 29.1 Å². The zero-order valence-electron chi connectivity index (χ0n) is 19.5. The number of ketones is 1. The van der Waals surface area contributed by atoms with Crippen LogP contribution in [0.15, 0.2) is 54.9 Å². The van der Waals surface area contributed by atoms with E-state index in [0.717, 1.165) is 33.9 Å². The van der Waals surface area contributed by atoms with Crippen molar-refractivity contribution in [3.05, 3.63) is 82.6 Å². The van der Waals surface area contributed by atoms with Gasteiger partial charge in [0.1, 0.15) is 11.5 Å². The third kappa shape index (κ3) is 5.08. The smallest absolute Gasteiger partial charge is 0.424 e. The van der Waals surface area contributed by atoms with Crippen molar-refractivity contribution >= 4 is 52.1 Å². The van der Waals surface area contributed by atoms with Crippen LogP contribution >= 0.6 is 23.5 Å². The predicted molar refractivity (Wildman–Crippen MR) is 139 cm³/mol. The Balaban J connectivity index is 1.78. The lowest BCUT2D eigenvalue weighted by Gasteiger charge is -2.21. The van der Waals surface area contributed by atoms with Gasteiger partial charge in [-0.2, -0.15) is 0 Å². The highest BCUT2D eigenvalue weighted by atomic mass is 35.5. The predicted octanol–water partition coefficient (Wildman–Crippen LogP) is 7.41. The fraction of sp³-hybridized carbons (Fsp3) is 0.192. The summed E-state index contributed by atoms with van der Waals surface area (Å²) in [5.41, 5.74) is 0.928. The summed E-state index contributed by atoms with van der Waals surface area (Å²) in [5.74, 6) is -2.58. The molecular formula is C26H22ClF2N3O3S. The van der Waals surface area contributed by atoms with Crippen molar-refractivity contribution < 1.29 is 23.1 Å². The van der Waals surface area contributed by atoms with Crippen molar-refractivity contribution in [2.75, 3.05) is 16.7 Å². The number of rotatable bonds is 8. The van der Waals surface area contributed by atoms with Crippen molar-refractivity contribution in [1.29, 1.82) is 0 Å². The molecule has 4 aromatic rings. The minimum absolute atomic E-state index is 0.0483. The number of aromatic nitrogens is 2. The molecule has 0 radical (unpaired) electrons. The molecule has 0 unspecified atom stereocenters. The van der Waals surface area contributed by atoms with Gasteiger partial charge in [-0.1, -0.05) is 30.7 Å². The molecule has 0 spiro atoms. The Bertz CT molecular complexity index is 1430. The zero-order valence-corrected chi connectivity index (χ0v) is 21.1. The number of ether oxygens (including phenoxy) is 1. The van der Waals surface area contributed by atoms with Gasteiger partial charge in [0.15, 0.2) is 5.82 Å². The van der Waals surface area contributed by atoms with Crippen LogP contribution in [-0.4, -0.2) is 34.2 Å². The van der Waals surface area contributed by atoms with Gasteiger partial charge in [-0.15, -0.1) is 0 Å². The van der Waals surface area contributed by atoms with Crippen molar-refractivity contribution in [2.24, 2.45) is 0 Å². The highest BCUT2D eigenvalue weighted by molar-refractivity contribution is 8.01. The van der Waals surface area contributed by atoms with Crippen LogP contribution in [0.25, 0.3) is 22.2 Å². The van der Waals surface area contributed by atoms with Crippen LogP contribution in [0.4, 0.5) is 19.3 Å². The number of hydrogen-bond donors (Lipinski definition) is 1. The van der Waals surface area contributed by atoms with Crippen LogP contribution in [0, 0.1) is 11.6 Å². The molecule has 2 aromatic heterocycles. The lowest BCUT2D eigenvalue weighted by Crippen LogP contribution is -2.27. The maximum atomic E-state index is 15.7. The second-order valence-corrected chi connectivity index (χ2v) is 9.21. The molecule has 0 saturated heterocycles. The largest absolute Gasteiger partial charge is 0.449 e. The summed E-state index contributed by atoms with van der Waals surface area (Å²) in [6.45, 7) is 3.60. The van der Waals surface area contributed by atoms with E-state index in [1.807, 2.05) is 6.92 Å². The second-order valence-electron chi connectivity index (χ2n) is 7.74. The van der Waals surface area contributed by atoms with Gasteiger partial charge in [0.25, 0.3) is 0 Å². The Morgan fingerprint density at radius 2 is 1.86 bits per heavy atom. The molecule has 186 valence electrons. The van der Waals surface area contributed by atoms with Crippen molar-refractivity contribution in [1.82, 2.24) is 9.97 Å². The number of aromatic amines is 1. The third-order valence-corrected chi connectivity index (χ3v) is 6.77. The summed E-state index contributed by atoms with van der Waals surface area (Å²) in [6.07, 6.45) is 2.89. The Morgan fingerprint density at radius 1 is 1.11 bits per heavy atom. The SMILES string of the molecule is CCCSN(C(=O)OCC)c1ccc(F)c(C(=O)c2c[nH]c3ncc(-c4ccc(Cl)cc4)cc23)c1F. The van der Waals surface area contributed by atoms with E-state index in [4.69, 9.17) is 16.3 Å². The fourth-order valence-electron chi connectivity index (χ4n) is 3.62. The molecule has 0 atom stereocenters. The maximum Gasteiger partial charge on any atom is 0.424 e. The molecule has 0 bridgehead atoms.